The molecule has 0 radical (unpaired) electrons. The second-order valence-corrected chi connectivity index (χ2v) is 5.72. The number of aryl methyl sites for hydroxylation is 1. The van der Waals surface area contributed by atoms with Crippen LogP contribution in [0.25, 0.3) is 0 Å². The van der Waals surface area contributed by atoms with Crippen LogP contribution >= 0.6 is 0 Å². The minimum absolute atomic E-state index is 0.174. The summed E-state index contributed by atoms with van der Waals surface area (Å²) in [6.45, 7) is 9.42. The molecule has 1 atom stereocenters. The van der Waals surface area contributed by atoms with Crippen LogP contribution in [-0.4, -0.2) is 34.9 Å². The molecule has 0 amide bonds. The molecule has 1 aliphatic rings. The van der Waals surface area contributed by atoms with Gasteiger partial charge in [-0.3, -0.25) is 4.68 Å². The molecule has 0 bridgehead atoms. The van der Waals surface area contributed by atoms with Crippen LogP contribution in [0.5, 0.6) is 0 Å². The summed E-state index contributed by atoms with van der Waals surface area (Å²) in [7, 11) is 1.46. The van der Waals surface area contributed by atoms with Gasteiger partial charge in [0.25, 0.3) is 0 Å². The fourth-order valence-electron chi connectivity index (χ4n) is 2.88. The molecule has 1 aliphatic carbocycles. The third-order valence-electron chi connectivity index (χ3n) is 4.46. The molecule has 0 spiro atoms. The normalized spacial score (nSPS) is 17.9. The molecule has 0 aliphatic heterocycles. The Balaban J connectivity index is 2.36. The lowest BCUT2D eigenvalue weighted by molar-refractivity contribution is -0.150. The number of nitrogens with one attached hydrogen (secondary N) is 1. The van der Waals surface area contributed by atoms with Crippen molar-refractivity contribution in [2.24, 2.45) is 5.92 Å². The summed E-state index contributed by atoms with van der Waals surface area (Å²) in [4.78, 5) is 12.4. The van der Waals surface area contributed by atoms with E-state index in [-0.39, 0.29) is 5.97 Å². The predicted molar refractivity (Wildman–Crippen MR) is 77.6 cm³/mol. The number of rotatable bonds is 6. The SMILES string of the molecule is CCNC(Cn1nc(C)c(C)c1C)(C(=O)OC)C1CC1. The van der Waals surface area contributed by atoms with Gasteiger partial charge in [-0.1, -0.05) is 6.92 Å². The zero-order valence-corrected chi connectivity index (χ0v) is 13.1. The Hall–Kier alpha value is -1.36. The Labute approximate surface area is 120 Å². The van der Waals surface area contributed by atoms with Gasteiger partial charge in [0.2, 0.25) is 0 Å². The lowest BCUT2D eigenvalue weighted by Crippen LogP contribution is -2.57. The van der Waals surface area contributed by atoms with Crippen molar-refractivity contribution in [2.75, 3.05) is 13.7 Å². The summed E-state index contributed by atoms with van der Waals surface area (Å²) >= 11 is 0. The average molecular weight is 279 g/mol. The molecule has 1 aromatic rings. The lowest BCUT2D eigenvalue weighted by atomic mass is 9.92. The van der Waals surface area contributed by atoms with E-state index >= 15 is 0 Å². The van der Waals surface area contributed by atoms with Gasteiger partial charge in [-0.25, -0.2) is 4.79 Å². The van der Waals surface area contributed by atoms with E-state index in [9.17, 15) is 4.79 Å². The van der Waals surface area contributed by atoms with E-state index in [0.717, 1.165) is 30.8 Å². The van der Waals surface area contributed by atoms with Crippen LogP contribution in [0.2, 0.25) is 0 Å². The number of esters is 1. The van der Waals surface area contributed by atoms with E-state index in [1.54, 1.807) is 0 Å². The first kappa shape index (κ1) is 15.0. The van der Waals surface area contributed by atoms with Gasteiger partial charge in [0.15, 0.2) is 0 Å². The first-order valence-corrected chi connectivity index (χ1v) is 7.30. The van der Waals surface area contributed by atoms with Crippen molar-refractivity contribution in [1.29, 1.82) is 0 Å². The Bertz CT molecular complexity index is 505. The second kappa shape index (κ2) is 5.56. The molecular weight excluding hydrogens is 254 g/mol. The summed E-state index contributed by atoms with van der Waals surface area (Å²) in [6, 6.07) is 0. The van der Waals surface area contributed by atoms with Gasteiger partial charge >= 0.3 is 5.97 Å². The van der Waals surface area contributed by atoms with E-state index in [0.29, 0.717) is 12.5 Å². The summed E-state index contributed by atoms with van der Waals surface area (Å²) in [6.07, 6.45) is 2.14. The Kier molecular flexibility index (Phi) is 4.18. The van der Waals surface area contributed by atoms with Crippen LogP contribution in [0.4, 0.5) is 0 Å². The van der Waals surface area contributed by atoms with Crippen molar-refractivity contribution in [3.8, 4) is 0 Å². The smallest absolute Gasteiger partial charge is 0.328 e. The minimum atomic E-state index is -0.640. The quantitative estimate of drug-likeness (QED) is 0.806. The lowest BCUT2D eigenvalue weighted by Gasteiger charge is -2.32. The number of carbonyl (C=O) groups is 1. The number of methoxy groups -OCH3 is 1. The van der Waals surface area contributed by atoms with Crippen molar-refractivity contribution in [1.82, 2.24) is 15.1 Å². The van der Waals surface area contributed by atoms with E-state index in [1.807, 2.05) is 18.5 Å². The first-order valence-electron chi connectivity index (χ1n) is 7.30. The van der Waals surface area contributed by atoms with Crippen LogP contribution < -0.4 is 5.32 Å². The summed E-state index contributed by atoms with van der Waals surface area (Å²) in [5, 5.41) is 7.95. The van der Waals surface area contributed by atoms with Crippen LogP contribution in [0.3, 0.4) is 0 Å². The number of ether oxygens (including phenoxy) is 1. The van der Waals surface area contributed by atoms with Gasteiger partial charge in [-0.05, 0) is 51.6 Å². The maximum Gasteiger partial charge on any atom is 0.328 e. The Morgan fingerprint density at radius 1 is 1.45 bits per heavy atom. The monoisotopic (exact) mass is 279 g/mol. The van der Waals surface area contributed by atoms with E-state index in [1.165, 1.54) is 12.7 Å². The van der Waals surface area contributed by atoms with Crippen LogP contribution in [0, 0.1) is 26.7 Å². The maximum absolute atomic E-state index is 12.4. The van der Waals surface area contributed by atoms with Crippen LogP contribution in [-0.2, 0) is 16.1 Å². The zero-order valence-electron chi connectivity index (χ0n) is 13.1. The third kappa shape index (κ3) is 2.46. The fourth-order valence-corrected chi connectivity index (χ4v) is 2.88. The number of nitrogens with zero attached hydrogens (tertiary/aromatic N) is 2. The predicted octanol–water partition coefficient (Wildman–Crippen LogP) is 1.74. The van der Waals surface area contributed by atoms with Gasteiger partial charge in [-0.15, -0.1) is 0 Å². The van der Waals surface area contributed by atoms with E-state index in [4.69, 9.17) is 4.74 Å². The standard InChI is InChI=1S/C15H25N3O2/c1-6-16-15(13-7-8-13,14(19)20-5)9-18-12(4)10(2)11(3)17-18/h13,16H,6-9H2,1-5H3. The highest BCUT2D eigenvalue weighted by molar-refractivity contribution is 5.81. The van der Waals surface area contributed by atoms with Crippen molar-refractivity contribution in [3.05, 3.63) is 17.0 Å². The molecule has 1 unspecified atom stereocenters. The molecule has 0 aromatic carbocycles. The number of hydrogen-bond acceptors (Lipinski definition) is 4. The summed E-state index contributed by atoms with van der Waals surface area (Å²) < 4.78 is 7.02. The third-order valence-corrected chi connectivity index (χ3v) is 4.46. The van der Waals surface area contributed by atoms with E-state index < -0.39 is 5.54 Å². The molecule has 5 heteroatoms. The van der Waals surface area contributed by atoms with Gasteiger partial charge in [-0.2, -0.15) is 5.10 Å². The van der Waals surface area contributed by atoms with Crippen molar-refractivity contribution in [2.45, 2.75) is 52.6 Å². The van der Waals surface area contributed by atoms with Gasteiger partial charge in [0.05, 0.1) is 19.3 Å². The highest BCUT2D eigenvalue weighted by Crippen LogP contribution is 2.41. The molecule has 1 N–H and O–H groups in total. The Morgan fingerprint density at radius 3 is 2.50 bits per heavy atom. The van der Waals surface area contributed by atoms with Gasteiger partial charge in [0, 0.05) is 5.69 Å². The number of carbonyl (C=O) groups excluding carboxylic acids is 1. The van der Waals surface area contributed by atoms with Gasteiger partial charge in [0.1, 0.15) is 5.54 Å². The minimum Gasteiger partial charge on any atom is -0.468 e. The molecule has 1 heterocycles. The zero-order chi connectivity index (χ0) is 14.9. The summed E-state index contributed by atoms with van der Waals surface area (Å²) in [5.74, 6) is 0.172. The van der Waals surface area contributed by atoms with Crippen LogP contribution in [0.15, 0.2) is 0 Å². The van der Waals surface area contributed by atoms with Crippen molar-refractivity contribution >= 4 is 5.97 Å². The molecule has 1 fully saturated rings. The number of likely N-dealkylation sites (N-methyl/N-ethyl adjacent to an activating group) is 1. The number of aromatic nitrogens is 2. The molecule has 5 nitrogen and oxygen atoms in total. The molecule has 0 saturated heterocycles. The second-order valence-electron chi connectivity index (χ2n) is 5.72. The fraction of sp³-hybridized carbons (Fsp3) is 0.733. The Morgan fingerprint density at radius 2 is 2.10 bits per heavy atom. The molecule has 1 aromatic heterocycles. The molecule has 1 saturated carbocycles. The maximum atomic E-state index is 12.4. The van der Waals surface area contributed by atoms with Crippen LogP contribution in [0.1, 0.15) is 36.7 Å². The molecular formula is C15H25N3O2. The van der Waals surface area contributed by atoms with Gasteiger partial charge < -0.3 is 10.1 Å². The molecule has 2 rings (SSSR count). The largest absolute Gasteiger partial charge is 0.468 e. The highest BCUT2D eigenvalue weighted by Gasteiger charge is 2.52. The van der Waals surface area contributed by atoms with E-state index in [2.05, 4.69) is 24.3 Å². The number of hydrogen-bond donors (Lipinski definition) is 1. The molecule has 20 heavy (non-hydrogen) atoms. The average Bonchev–Trinajstić information content (AvgIpc) is 3.24. The first-order chi connectivity index (χ1) is 9.46. The van der Waals surface area contributed by atoms with Crippen molar-refractivity contribution in [3.63, 3.8) is 0 Å². The molecule has 112 valence electrons. The highest BCUT2D eigenvalue weighted by atomic mass is 16.5. The topological polar surface area (TPSA) is 56.2 Å². The summed E-state index contributed by atoms with van der Waals surface area (Å²) in [5.41, 5.74) is 2.69. The van der Waals surface area contributed by atoms with Crippen molar-refractivity contribution < 1.29 is 9.53 Å².